The molecule has 2 amide bonds. The summed E-state index contributed by atoms with van der Waals surface area (Å²) in [4.78, 5) is 37.5. The zero-order valence-electron chi connectivity index (χ0n) is 17.2. The number of carbonyl (C=O) groups is 3. The quantitative estimate of drug-likeness (QED) is 0.537. The summed E-state index contributed by atoms with van der Waals surface area (Å²) in [6, 6.07) is 22.3. The number of amides is 2. The average molecular weight is 426 g/mol. The molecule has 0 aromatic heterocycles. The molecule has 6 nitrogen and oxygen atoms in total. The monoisotopic (exact) mass is 426 g/mol. The second kappa shape index (κ2) is 9.31. The molecular weight excluding hydrogens is 404 g/mol. The van der Waals surface area contributed by atoms with E-state index in [1.807, 2.05) is 60.7 Å². The van der Waals surface area contributed by atoms with Crippen molar-refractivity contribution < 1.29 is 19.5 Å². The highest BCUT2D eigenvalue weighted by Gasteiger charge is 2.24. The normalized spacial score (nSPS) is 12.9. The standard InChI is InChI=1S/C26H22N2O4/c29-24(20-15-18-10-4-5-11-19(18)16-20)27-22-13-7-6-12-21(22)25(30)28-23(26(31)32)14-17-8-2-1-3-9-17/h1-13,15,23H,14,16H2,(H,27,29)(H,28,30)(H,31,32). The molecule has 3 aromatic rings. The maximum absolute atomic E-state index is 12.9. The Kier molecular flexibility index (Phi) is 6.12. The number of benzene rings is 3. The van der Waals surface area contributed by atoms with E-state index in [1.54, 1.807) is 24.3 Å². The van der Waals surface area contributed by atoms with Crippen LogP contribution >= 0.6 is 0 Å². The second-order valence-corrected chi connectivity index (χ2v) is 7.60. The Balaban J connectivity index is 1.48. The molecular formula is C26H22N2O4. The third-order valence-corrected chi connectivity index (χ3v) is 5.36. The Morgan fingerprint density at radius 2 is 1.53 bits per heavy atom. The Bertz CT molecular complexity index is 1200. The Morgan fingerprint density at radius 3 is 2.28 bits per heavy atom. The van der Waals surface area contributed by atoms with Crippen molar-refractivity contribution in [1.29, 1.82) is 0 Å². The highest BCUT2D eigenvalue weighted by atomic mass is 16.4. The van der Waals surface area contributed by atoms with Crippen LogP contribution in [0, 0.1) is 0 Å². The molecule has 0 spiro atoms. The molecule has 0 heterocycles. The van der Waals surface area contributed by atoms with E-state index in [1.165, 1.54) is 0 Å². The summed E-state index contributed by atoms with van der Waals surface area (Å²) in [5.41, 5.74) is 4.03. The van der Waals surface area contributed by atoms with Crippen LogP contribution in [0.15, 0.2) is 84.4 Å². The minimum atomic E-state index is -1.13. The highest BCUT2D eigenvalue weighted by molar-refractivity contribution is 6.11. The molecule has 1 aliphatic carbocycles. The number of carboxylic acids is 1. The van der Waals surface area contributed by atoms with E-state index in [-0.39, 0.29) is 17.9 Å². The zero-order valence-corrected chi connectivity index (χ0v) is 17.2. The summed E-state index contributed by atoms with van der Waals surface area (Å²) in [5, 5.41) is 15.0. The molecule has 4 rings (SSSR count). The van der Waals surface area contributed by atoms with Gasteiger partial charge in [-0.3, -0.25) is 9.59 Å². The van der Waals surface area contributed by atoms with Gasteiger partial charge in [-0.25, -0.2) is 4.79 Å². The summed E-state index contributed by atoms with van der Waals surface area (Å²) in [6.07, 6.45) is 2.52. The Hall–Kier alpha value is -4.19. The van der Waals surface area contributed by atoms with Gasteiger partial charge >= 0.3 is 5.97 Å². The van der Waals surface area contributed by atoms with Gasteiger partial charge in [0.05, 0.1) is 11.3 Å². The smallest absolute Gasteiger partial charge is 0.326 e. The summed E-state index contributed by atoms with van der Waals surface area (Å²) in [5.74, 6) is -1.98. The topological polar surface area (TPSA) is 95.5 Å². The number of carbonyl (C=O) groups excluding carboxylic acids is 2. The number of hydrogen-bond donors (Lipinski definition) is 3. The van der Waals surface area contributed by atoms with Crippen LogP contribution in [0.3, 0.4) is 0 Å². The molecule has 1 aliphatic rings. The maximum Gasteiger partial charge on any atom is 0.326 e. The van der Waals surface area contributed by atoms with Gasteiger partial charge in [0.1, 0.15) is 6.04 Å². The lowest BCUT2D eigenvalue weighted by Gasteiger charge is -2.17. The number of aliphatic carboxylic acids is 1. The van der Waals surface area contributed by atoms with Crippen LogP contribution in [0.25, 0.3) is 6.08 Å². The minimum Gasteiger partial charge on any atom is -0.480 e. The van der Waals surface area contributed by atoms with Crippen LogP contribution in [0.2, 0.25) is 0 Å². The van der Waals surface area contributed by atoms with Crippen LogP contribution in [0.5, 0.6) is 0 Å². The number of para-hydroxylation sites is 1. The summed E-state index contributed by atoms with van der Waals surface area (Å²) in [7, 11) is 0. The first kappa shape index (κ1) is 21.1. The van der Waals surface area contributed by atoms with Gasteiger partial charge < -0.3 is 15.7 Å². The number of hydrogen-bond acceptors (Lipinski definition) is 3. The van der Waals surface area contributed by atoms with Gasteiger partial charge in [0.2, 0.25) is 0 Å². The van der Waals surface area contributed by atoms with Gasteiger partial charge in [0.25, 0.3) is 11.8 Å². The molecule has 1 unspecified atom stereocenters. The third kappa shape index (κ3) is 4.75. The third-order valence-electron chi connectivity index (χ3n) is 5.36. The lowest BCUT2D eigenvalue weighted by atomic mass is 10.0. The second-order valence-electron chi connectivity index (χ2n) is 7.60. The number of nitrogens with one attached hydrogen (secondary N) is 2. The lowest BCUT2D eigenvalue weighted by molar-refractivity contribution is -0.139. The van der Waals surface area contributed by atoms with Crippen molar-refractivity contribution in [3.05, 3.63) is 107 Å². The number of anilines is 1. The van der Waals surface area contributed by atoms with Crippen molar-refractivity contribution in [2.24, 2.45) is 0 Å². The van der Waals surface area contributed by atoms with E-state index in [0.717, 1.165) is 16.7 Å². The van der Waals surface area contributed by atoms with Crippen LogP contribution in [0.4, 0.5) is 5.69 Å². The summed E-state index contributed by atoms with van der Waals surface area (Å²) in [6.45, 7) is 0. The number of carboxylic acid groups (broad SMARTS) is 1. The predicted octanol–water partition coefficient (Wildman–Crippen LogP) is 3.69. The first-order chi connectivity index (χ1) is 15.5. The molecule has 160 valence electrons. The van der Waals surface area contributed by atoms with E-state index in [0.29, 0.717) is 17.7 Å². The molecule has 0 saturated heterocycles. The molecule has 0 bridgehead atoms. The van der Waals surface area contributed by atoms with E-state index in [2.05, 4.69) is 10.6 Å². The molecule has 3 N–H and O–H groups in total. The first-order valence-corrected chi connectivity index (χ1v) is 10.3. The molecule has 0 aliphatic heterocycles. The van der Waals surface area contributed by atoms with Crippen LogP contribution in [-0.2, 0) is 22.4 Å². The average Bonchev–Trinajstić information content (AvgIpc) is 3.24. The largest absolute Gasteiger partial charge is 0.480 e. The molecule has 6 heteroatoms. The van der Waals surface area contributed by atoms with Gasteiger partial charge in [0, 0.05) is 18.4 Å². The van der Waals surface area contributed by atoms with Crippen molar-refractivity contribution in [2.45, 2.75) is 18.9 Å². The molecule has 32 heavy (non-hydrogen) atoms. The SMILES string of the molecule is O=C(Nc1ccccc1C(=O)NC(Cc1ccccc1)C(=O)O)C1=Cc2ccccc2C1. The van der Waals surface area contributed by atoms with Crippen molar-refractivity contribution in [2.75, 3.05) is 5.32 Å². The maximum atomic E-state index is 12.9. The molecule has 0 saturated carbocycles. The Labute approximate surface area is 185 Å². The van der Waals surface area contributed by atoms with Crippen molar-refractivity contribution >= 4 is 29.5 Å². The summed E-state index contributed by atoms with van der Waals surface area (Å²) >= 11 is 0. The van der Waals surface area contributed by atoms with Gasteiger partial charge in [-0.15, -0.1) is 0 Å². The van der Waals surface area contributed by atoms with E-state index in [9.17, 15) is 19.5 Å². The Morgan fingerprint density at radius 1 is 0.844 bits per heavy atom. The lowest BCUT2D eigenvalue weighted by Crippen LogP contribution is -2.42. The van der Waals surface area contributed by atoms with Crippen LogP contribution < -0.4 is 10.6 Å². The number of fused-ring (bicyclic) bond motifs is 1. The van der Waals surface area contributed by atoms with Gasteiger partial charge in [-0.05, 0) is 34.9 Å². The fourth-order valence-corrected chi connectivity index (χ4v) is 3.70. The van der Waals surface area contributed by atoms with Crippen molar-refractivity contribution in [3.8, 4) is 0 Å². The van der Waals surface area contributed by atoms with Gasteiger partial charge in [-0.1, -0.05) is 66.7 Å². The van der Waals surface area contributed by atoms with Crippen LogP contribution in [-0.4, -0.2) is 28.9 Å². The molecule has 0 fully saturated rings. The number of rotatable bonds is 7. The predicted molar refractivity (Wildman–Crippen MR) is 122 cm³/mol. The van der Waals surface area contributed by atoms with E-state index < -0.39 is 17.9 Å². The van der Waals surface area contributed by atoms with E-state index >= 15 is 0 Å². The fraction of sp³-hybridized carbons (Fsp3) is 0.115. The van der Waals surface area contributed by atoms with Gasteiger partial charge in [-0.2, -0.15) is 0 Å². The highest BCUT2D eigenvalue weighted by Crippen LogP contribution is 2.26. The van der Waals surface area contributed by atoms with Crippen LogP contribution in [0.1, 0.15) is 27.0 Å². The van der Waals surface area contributed by atoms with Crippen molar-refractivity contribution in [3.63, 3.8) is 0 Å². The van der Waals surface area contributed by atoms with Crippen molar-refractivity contribution in [1.82, 2.24) is 5.32 Å². The molecule has 3 aromatic carbocycles. The molecule has 1 atom stereocenters. The van der Waals surface area contributed by atoms with Gasteiger partial charge in [0.15, 0.2) is 0 Å². The minimum absolute atomic E-state index is 0.154. The zero-order chi connectivity index (χ0) is 22.5. The molecule has 0 radical (unpaired) electrons. The summed E-state index contributed by atoms with van der Waals surface area (Å²) < 4.78 is 0. The fourth-order valence-electron chi connectivity index (χ4n) is 3.70. The van der Waals surface area contributed by atoms with E-state index in [4.69, 9.17) is 0 Å². The first-order valence-electron chi connectivity index (χ1n) is 10.3.